The minimum Gasteiger partial charge on any atom is -0.437 e. The Hall–Kier alpha value is -1.88. The fraction of sp³-hybridized carbons (Fsp3) is 0.0769. The molecule has 3 aromatic rings. The van der Waals surface area contributed by atoms with Crippen molar-refractivity contribution in [3.8, 4) is 11.6 Å². The van der Waals surface area contributed by atoms with Crippen LogP contribution in [0.25, 0.3) is 5.52 Å². The summed E-state index contributed by atoms with van der Waals surface area (Å²) in [5, 5.41) is 4.15. The van der Waals surface area contributed by atoms with Crippen LogP contribution in [0.1, 0.15) is 5.56 Å². The van der Waals surface area contributed by atoms with Gasteiger partial charge in [-0.25, -0.2) is 9.50 Å². The quantitative estimate of drug-likeness (QED) is 0.726. The summed E-state index contributed by atoms with van der Waals surface area (Å²) in [7, 11) is 0. The molecule has 0 saturated heterocycles. The molecule has 0 aliphatic carbocycles. The molecule has 0 N–H and O–H groups in total. The summed E-state index contributed by atoms with van der Waals surface area (Å²) in [6, 6.07) is 7.78. The van der Waals surface area contributed by atoms with Crippen molar-refractivity contribution in [1.29, 1.82) is 0 Å². The van der Waals surface area contributed by atoms with Crippen molar-refractivity contribution in [2.24, 2.45) is 0 Å². The minimum atomic E-state index is 0.552. The molecule has 18 heavy (non-hydrogen) atoms. The first-order chi connectivity index (χ1) is 8.74. The Labute approximate surface area is 112 Å². The first-order valence-electron chi connectivity index (χ1n) is 5.46. The van der Waals surface area contributed by atoms with Crippen LogP contribution in [0.5, 0.6) is 11.6 Å². The normalized spacial score (nSPS) is 10.8. The standard InChI is InChI=1S/C13H10BrN3O/c1-9-2-3-10(14)8-12(9)18-13-11-4-5-16-17(11)7-6-15-13/h2-8H,1H3. The number of aromatic nitrogens is 3. The Morgan fingerprint density at radius 2 is 2.11 bits per heavy atom. The summed E-state index contributed by atoms with van der Waals surface area (Å²) < 4.78 is 8.57. The first kappa shape index (κ1) is 11.2. The average molecular weight is 304 g/mol. The van der Waals surface area contributed by atoms with Gasteiger partial charge in [-0.05, 0) is 30.7 Å². The first-order valence-corrected chi connectivity index (χ1v) is 6.26. The van der Waals surface area contributed by atoms with Gasteiger partial charge in [0, 0.05) is 16.9 Å². The van der Waals surface area contributed by atoms with Crippen molar-refractivity contribution in [2.75, 3.05) is 0 Å². The lowest BCUT2D eigenvalue weighted by Gasteiger charge is -2.08. The van der Waals surface area contributed by atoms with Crippen LogP contribution in [-0.2, 0) is 0 Å². The molecule has 2 aromatic heterocycles. The van der Waals surface area contributed by atoms with Gasteiger partial charge in [0.1, 0.15) is 11.3 Å². The molecule has 0 spiro atoms. The van der Waals surface area contributed by atoms with Crippen molar-refractivity contribution >= 4 is 21.4 Å². The van der Waals surface area contributed by atoms with E-state index in [0.717, 1.165) is 21.3 Å². The largest absolute Gasteiger partial charge is 0.437 e. The molecule has 5 heteroatoms. The van der Waals surface area contributed by atoms with Crippen LogP contribution >= 0.6 is 15.9 Å². The van der Waals surface area contributed by atoms with Crippen molar-refractivity contribution in [3.63, 3.8) is 0 Å². The zero-order chi connectivity index (χ0) is 12.5. The van der Waals surface area contributed by atoms with Gasteiger partial charge in [-0.15, -0.1) is 0 Å². The van der Waals surface area contributed by atoms with E-state index in [1.54, 1.807) is 23.1 Å². The van der Waals surface area contributed by atoms with Crippen LogP contribution in [0, 0.1) is 6.92 Å². The smallest absolute Gasteiger partial charge is 0.245 e. The SMILES string of the molecule is Cc1ccc(Br)cc1Oc1nccn2nccc12. The Morgan fingerprint density at radius 3 is 3.00 bits per heavy atom. The molecule has 90 valence electrons. The van der Waals surface area contributed by atoms with Crippen molar-refractivity contribution in [3.05, 3.63) is 52.9 Å². The molecule has 0 aliphatic heterocycles. The van der Waals surface area contributed by atoms with Crippen LogP contribution in [0.3, 0.4) is 0 Å². The zero-order valence-corrected chi connectivity index (χ0v) is 11.3. The summed E-state index contributed by atoms with van der Waals surface area (Å²) in [6.07, 6.45) is 5.18. The molecular formula is C13H10BrN3O. The van der Waals surface area contributed by atoms with E-state index in [-0.39, 0.29) is 0 Å². The average Bonchev–Trinajstić information content (AvgIpc) is 2.83. The Morgan fingerprint density at radius 1 is 1.22 bits per heavy atom. The van der Waals surface area contributed by atoms with Gasteiger partial charge in [0.2, 0.25) is 5.88 Å². The molecule has 0 amide bonds. The molecule has 3 rings (SSSR count). The molecule has 0 atom stereocenters. The van der Waals surface area contributed by atoms with Gasteiger partial charge in [-0.3, -0.25) is 0 Å². The second-order valence-electron chi connectivity index (χ2n) is 3.91. The Bertz CT molecular complexity index is 708. The van der Waals surface area contributed by atoms with Gasteiger partial charge in [-0.2, -0.15) is 5.10 Å². The number of aryl methyl sites for hydroxylation is 1. The highest BCUT2D eigenvalue weighted by molar-refractivity contribution is 9.10. The van der Waals surface area contributed by atoms with E-state index < -0.39 is 0 Å². The van der Waals surface area contributed by atoms with Crippen LogP contribution < -0.4 is 4.74 Å². The molecule has 0 fully saturated rings. The summed E-state index contributed by atoms with van der Waals surface area (Å²) in [6.45, 7) is 2.00. The van der Waals surface area contributed by atoms with Crippen LogP contribution in [0.2, 0.25) is 0 Å². The van der Waals surface area contributed by atoms with E-state index in [1.807, 2.05) is 31.2 Å². The van der Waals surface area contributed by atoms with E-state index in [1.165, 1.54) is 0 Å². The van der Waals surface area contributed by atoms with Gasteiger partial charge < -0.3 is 4.74 Å². The van der Waals surface area contributed by atoms with Crippen LogP contribution in [-0.4, -0.2) is 14.6 Å². The third kappa shape index (κ3) is 1.97. The van der Waals surface area contributed by atoms with E-state index >= 15 is 0 Å². The fourth-order valence-corrected chi connectivity index (χ4v) is 2.04. The van der Waals surface area contributed by atoms with E-state index in [9.17, 15) is 0 Å². The van der Waals surface area contributed by atoms with Gasteiger partial charge in [0.15, 0.2) is 0 Å². The van der Waals surface area contributed by atoms with E-state index in [2.05, 4.69) is 26.0 Å². The monoisotopic (exact) mass is 303 g/mol. The molecular weight excluding hydrogens is 294 g/mol. The fourth-order valence-electron chi connectivity index (χ4n) is 1.70. The molecule has 0 radical (unpaired) electrons. The maximum Gasteiger partial charge on any atom is 0.245 e. The van der Waals surface area contributed by atoms with Crippen LogP contribution in [0.15, 0.2) is 47.3 Å². The lowest BCUT2D eigenvalue weighted by molar-refractivity contribution is 0.461. The summed E-state index contributed by atoms with van der Waals surface area (Å²) >= 11 is 3.43. The summed E-state index contributed by atoms with van der Waals surface area (Å²) in [5.41, 5.74) is 1.90. The Balaban J connectivity index is 2.06. The van der Waals surface area contributed by atoms with Crippen molar-refractivity contribution in [1.82, 2.24) is 14.6 Å². The number of fused-ring (bicyclic) bond motifs is 1. The molecule has 0 aliphatic rings. The summed E-state index contributed by atoms with van der Waals surface area (Å²) in [4.78, 5) is 4.25. The maximum atomic E-state index is 5.86. The molecule has 0 bridgehead atoms. The third-order valence-electron chi connectivity index (χ3n) is 2.65. The number of ether oxygens (including phenoxy) is 1. The third-order valence-corrected chi connectivity index (χ3v) is 3.14. The number of halogens is 1. The number of hydrogen-bond acceptors (Lipinski definition) is 3. The number of rotatable bonds is 2. The predicted octanol–water partition coefficient (Wildman–Crippen LogP) is 3.59. The lowest BCUT2D eigenvalue weighted by Crippen LogP contribution is -1.94. The predicted molar refractivity (Wildman–Crippen MR) is 71.9 cm³/mol. The topological polar surface area (TPSA) is 39.4 Å². The van der Waals surface area contributed by atoms with Gasteiger partial charge >= 0.3 is 0 Å². The van der Waals surface area contributed by atoms with E-state index in [0.29, 0.717) is 5.88 Å². The summed E-state index contributed by atoms with van der Waals surface area (Å²) in [5.74, 6) is 1.34. The van der Waals surface area contributed by atoms with E-state index in [4.69, 9.17) is 4.74 Å². The van der Waals surface area contributed by atoms with Crippen LogP contribution in [0.4, 0.5) is 0 Å². The molecule has 4 nitrogen and oxygen atoms in total. The molecule has 1 aromatic carbocycles. The van der Waals surface area contributed by atoms with Crippen molar-refractivity contribution < 1.29 is 4.74 Å². The molecule has 2 heterocycles. The highest BCUT2D eigenvalue weighted by Crippen LogP contribution is 2.28. The Kier molecular flexibility index (Phi) is 2.76. The van der Waals surface area contributed by atoms with Crippen molar-refractivity contribution in [2.45, 2.75) is 6.92 Å². The number of benzene rings is 1. The second kappa shape index (κ2) is 4.42. The minimum absolute atomic E-state index is 0.552. The van der Waals surface area contributed by atoms with Gasteiger partial charge in [-0.1, -0.05) is 22.0 Å². The van der Waals surface area contributed by atoms with Gasteiger partial charge in [0.25, 0.3) is 0 Å². The number of nitrogens with zero attached hydrogens (tertiary/aromatic N) is 3. The highest BCUT2D eigenvalue weighted by Gasteiger charge is 2.08. The molecule has 0 saturated carbocycles. The lowest BCUT2D eigenvalue weighted by atomic mass is 10.2. The zero-order valence-electron chi connectivity index (χ0n) is 9.67. The van der Waals surface area contributed by atoms with Gasteiger partial charge in [0.05, 0.1) is 6.20 Å². The molecule has 0 unspecified atom stereocenters. The number of hydrogen-bond donors (Lipinski definition) is 0. The highest BCUT2D eigenvalue weighted by atomic mass is 79.9. The maximum absolute atomic E-state index is 5.86. The second-order valence-corrected chi connectivity index (χ2v) is 4.82.